The summed E-state index contributed by atoms with van der Waals surface area (Å²) in [5.74, 6) is 0.483. The summed E-state index contributed by atoms with van der Waals surface area (Å²) in [6.07, 6.45) is 3.01. The van der Waals surface area contributed by atoms with E-state index in [9.17, 15) is 9.59 Å². The number of amides is 1. The van der Waals surface area contributed by atoms with Crippen molar-refractivity contribution in [3.8, 4) is 5.69 Å². The van der Waals surface area contributed by atoms with E-state index in [2.05, 4.69) is 4.98 Å². The molecule has 7 heteroatoms. The third-order valence-electron chi connectivity index (χ3n) is 4.05. The van der Waals surface area contributed by atoms with Gasteiger partial charge in [-0.05, 0) is 43.2 Å². The van der Waals surface area contributed by atoms with E-state index in [0.29, 0.717) is 12.3 Å². The van der Waals surface area contributed by atoms with Gasteiger partial charge in [0, 0.05) is 7.05 Å². The zero-order valence-corrected chi connectivity index (χ0v) is 14.5. The molecule has 0 spiro atoms. The Morgan fingerprint density at radius 3 is 2.80 bits per heavy atom. The number of hydrogen-bond acceptors (Lipinski definition) is 4. The molecule has 7 nitrogen and oxygen atoms in total. The number of likely N-dealkylation sites (N-methyl/N-ethyl adjacent to an activating group) is 1. The van der Waals surface area contributed by atoms with Gasteiger partial charge in [-0.3, -0.25) is 4.79 Å². The topological polar surface area (TPSA) is 73.3 Å². The van der Waals surface area contributed by atoms with E-state index in [-0.39, 0.29) is 12.5 Å². The molecule has 1 aromatic carbocycles. The predicted molar refractivity (Wildman–Crippen MR) is 92.5 cm³/mol. The summed E-state index contributed by atoms with van der Waals surface area (Å²) in [5, 5.41) is 0. The third-order valence-corrected chi connectivity index (χ3v) is 4.05. The van der Waals surface area contributed by atoms with Crippen LogP contribution in [-0.4, -0.2) is 32.2 Å². The fourth-order valence-corrected chi connectivity index (χ4v) is 2.60. The minimum atomic E-state index is -0.458. The zero-order chi connectivity index (χ0) is 18.0. The standard InChI is InChI=1S/C18H20N4O3/c1-13-6-7-14(2)16(9-13)22-12-19-18(24)21(22)11-17(23)20(3)10-15-5-4-8-25-15/h4-9,12H,10-11H2,1-3H3. The number of rotatable bonds is 5. The summed E-state index contributed by atoms with van der Waals surface area (Å²) in [6, 6.07) is 9.51. The minimum absolute atomic E-state index is 0.0938. The van der Waals surface area contributed by atoms with Crippen molar-refractivity contribution in [2.24, 2.45) is 0 Å². The van der Waals surface area contributed by atoms with Crippen molar-refractivity contribution in [1.82, 2.24) is 19.2 Å². The molecule has 130 valence electrons. The third kappa shape index (κ3) is 3.55. The Morgan fingerprint density at radius 2 is 2.08 bits per heavy atom. The summed E-state index contributed by atoms with van der Waals surface area (Å²) in [7, 11) is 1.68. The van der Waals surface area contributed by atoms with Gasteiger partial charge in [0.2, 0.25) is 5.91 Å². The second-order valence-electron chi connectivity index (χ2n) is 6.05. The molecule has 3 rings (SSSR count). The predicted octanol–water partition coefficient (Wildman–Crippen LogP) is 1.90. The van der Waals surface area contributed by atoms with Gasteiger partial charge in [-0.2, -0.15) is 4.98 Å². The lowest BCUT2D eigenvalue weighted by Gasteiger charge is -2.18. The number of carbonyl (C=O) groups excluding carboxylic acids is 1. The number of aryl methyl sites for hydroxylation is 2. The summed E-state index contributed by atoms with van der Waals surface area (Å²) in [5.41, 5.74) is 2.43. The van der Waals surface area contributed by atoms with Gasteiger partial charge in [-0.1, -0.05) is 12.1 Å². The van der Waals surface area contributed by atoms with Crippen LogP contribution in [0.25, 0.3) is 5.69 Å². The maximum absolute atomic E-state index is 12.5. The maximum Gasteiger partial charge on any atom is 0.364 e. The number of aromatic nitrogens is 3. The average molecular weight is 340 g/mol. The van der Waals surface area contributed by atoms with Crippen LogP contribution < -0.4 is 5.69 Å². The normalized spacial score (nSPS) is 10.8. The number of furan rings is 1. The van der Waals surface area contributed by atoms with Crippen LogP contribution in [0.4, 0.5) is 0 Å². The van der Waals surface area contributed by atoms with Gasteiger partial charge >= 0.3 is 5.69 Å². The molecule has 25 heavy (non-hydrogen) atoms. The summed E-state index contributed by atoms with van der Waals surface area (Å²) in [6.45, 7) is 4.18. The highest BCUT2D eigenvalue weighted by Gasteiger charge is 2.16. The van der Waals surface area contributed by atoms with Crippen LogP contribution in [0.1, 0.15) is 16.9 Å². The first-order valence-electron chi connectivity index (χ1n) is 7.94. The number of carbonyl (C=O) groups is 1. The van der Waals surface area contributed by atoms with Gasteiger partial charge in [0.25, 0.3) is 0 Å². The average Bonchev–Trinajstić information content (AvgIpc) is 3.20. The summed E-state index contributed by atoms with van der Waals surface area (Å²) < 4.78 is 8.22. The molecule has 0 saturated carbocycles. The van der Waals surface area contributed by atoms with E-state index in [4.69, 9.17) is 4.42 Å². The first-order chi connectivity index (χ1) is 12.0. The summed E-state index contributed by atoms with van der Waals surface area (Å²) in [4.78, 5) is 30.0. The molecule has 0 saturated heterocycles. The SMILES string of the molecule is Cc1ccc(C)c(-n2cnc(=O)n2CC(=O)N(C)Cc2ccco2)c1. The van der Waals surface area contributed by atoms with Crippen molar-refractivity contribution in [3.63, 3.8) is 0 Å². The van der Waals surface area contributed by atoms with Gasteiger partial charge in [0.15, 0.2) is 0 Å². The van der Waals surface area contributed by atoms with E-state index in [0.717, 1.165) is 16.8 Å². The number of hydrogen-bond donors (Lipinski definition) is 0. The lowest BCUT2D eigenvalue weighted by atomic mass is 10.1. The monoisotopic (exact) mass is 340 g/mol. The Bertz CT molecular complexity index is 938. The second-order valence-corrected chi connectivity index (χ2v) is 6.05. The Morgan fingerprint density at radius 1 is 1.28 bits per heavy atom. The minimum Gasteiger partial charge on any atom is -0.467 e. The first-order valence-corrected chi connectivity index (χ1v) is 7.94. The first kappa shape index (κ1) is 16.8. The molecular weight excluding hydrogens is 320 g/mol. The van der Waals surface area contributed by atoms with E-state index in [1.54, 1.807) is 30.1 Å². The second kappa shape index (κ2) is 6.80. The lowest BCUT2D eigenvalue weighted by molar-refractivity contribution is -0.131. The fourth-order valence-electron chi connectivity index (χ4n) is 2.60. The molecule has 0 N–H and O–H groups in total. The highest BCUT2D eigenvalue weighted by molar-refractivity contribution is 5.75. The van der Waals surface area contributed by atoms with E-state index in [1.807, 2.05) is 32.0 Å². The fraction of sp³-hybridized carbons (Fsp3) is 0.278. The Balaban J connectivity index is 1.86. The number of nitrogens with zero attached hydrogens (tertiary/aromatic N) is 4. The Labute approximate surface area is 145 Å². The van der Waals surface area contributed by atoms with E-state index < -0.39 is 5.69 Å². The molecule has 0 unspecified atom stereocenters. The van der Waals surface area contributed by atoms with Crippen molar-refractivity contribution < 1.29 is 9.21 Å². The molecule has 0 atom stereocenters. The Hall–Kier alpha value is -3.09. The van der Waals surface area contributed by atoms with Gasteiger partial charge < -0.3 is 9.32 Å². The van der Waals surface area contributed by atoms with Crippen LogP contribution in [0, 0.1) is 13.8 Å². The molecule has 0 fully saturated rings. The van der Waals surface area contributed by atoms with Crippen LogP contribution in [0.15, 0.2) is 52.1 Å². The highest BCUT2D eigenvalue weighted by atomic mass is 16.3. The molecule has 2 aromatic heterocycles. The molecule has 0 aliphatic heterocycles. The quantitative estimate of drug-likeness (QED) is 0.711. The molecular formula is C18H20N4O3. The van der Waals surface area contributed by atoms with Crippen molar-refractivity contribution in [2.75, 3.05) is 7.05 Å². The van der Waals surface area contributed by atoms with E-state index in [1.165, 1.54) is 15.9 Å². The van der Waals surface area contributed by atoms with Crippen LogP contribution in [0.3, 0.4) is 0 Å². The van der Waals surface area contributed by atoms with Crippen LogP contribution >= 0.6 is 0 Å². The molecule has 0 aliphatic carbocycles. The van der Waals surface area contributed by atoms with E-state index >= 15 is 0 Å². The number of benzene rings is 1. The summed E-state index contributed by atoms with van der Waals surface area (Å²) >= 11 is 0. The van der Waals surface area contributed by atoms with Gasteiger partial charge in [-0.25, -0.2) is 14.2 Å². The van der Waals surface area contributed by atoms with Gasteiger partial charge in [0.05, 0.1) is 18.5 Å². The Kier molecular flexibility index (Phi) is 4.56. The molecule has 0 aliphatic rings. The van der Waals surface area contributed by atoms with Crippen molar-refractivity contribution in [2.45, 2.75) is 26.9 Å². The van der Waals surface area contributed by atoms with Crippen molar-refractivity contribution in [3.05, 3.63) is 70.3 Å². The maximum atomic E-state index is 12.5. The van der Waals surface area contributed by atoms with Crippen LogP contribution in [0.5, 0.6) is 0 Å². The molecule has 0 bridgehead atoms. The van der Waals surface area contributed by atoms with Crippen molar-refractivity contribution in [1.29, 1.82) is 0 Å². The van der Waals surface area contributed by atoms with Crippen LogP contribution in [-0.2, 0) is 17.9 Å². The van der Waals surface area contributed by atoms with Crippen LogP contribution in [0.2, 0.25) is 0 Å². The molecule has 3 aromatic rings. The van der Waals surface area contributed by atoms with Crippen molar-refractivity contribution >= 4 is 5.91 Å². The molecule has 0 radical (unpaired) electrons. The molecule has 2 heterocycles. The lowest BCUT2D eigenvalue weighted by Crippen LogP contribution is -2.35. The largest absolute Gasteiger partial charge is 0.467 e. The van der Waals surface area contributed by atoms with Gasteiger partial charge in [0.1, 0.15) is 18.6 Å². The van der Waals surface area contributed by atoms with Gasteiger partial charge in [-0.15, -0.1) is 0 Å². The smallest absolute Gasteiger partial charge is 0.364 e. The zero-order valence-electron chi connectivity index (χ0n) is 14.5. The highest BCUT2D eigenvalue weighted by Crippen LogP contribution is 2.15. The molecule has 1 amide bonds.